The molecule has 8 nitrogen and oxygen atoms in total. The number of β-amino-alcohol motifs (C(OH)–C–C–N with tert-alkyl or cyclic N) is 1. The number of carboxylic acids is 1. The fourth-order valence-corrected chi connectivity index (χ4v) is 5.46. The summed E-state index contributed by atoms with van der Waals surface area (Å²) in [6, 6.07) is 10.2. The third kappa shape index (κ3) is 4.82. The van der Waals surface area contributed by atoms with Gasteiger partial charge in [0.15, 0.2) is 5.65 Å². The van der Waals surface area contributed by atoms with E-state index < -0.39 is 11.4 Å². The number of nitrogens with zero attached hydrogens (tertiary/aromatic N) is 3. The van der Waals surface area contributed by atoms with E-state index in [1.165, 1.54) is 0 Å². The molecule has 186 valence electrons. The molecule has 9 heteroatoms. The number of aromatic amines is 1. The van der Waals surface area contributed by atoms with Crippen molar-refractivity contribution in [2.75, 3.05) is 18.0 Å². The van der Waals surface area contributed by atoms with Gasteiger partial charge in [-0.1, -0.05) is 23.7 Å². The van der Waals surface area contributed by atoms with Crippen LogP contribution < -0.4 is 9.64 Å². The summed E-state index contributed by atoms with van der Waals surface area (Å²) in [5, 5.41) is 19.8. The van der Waals surface area contributed by atoms with Crippen LogP contribution in [0.2, 0.25) is 5.02 Å². The lowest BCUT2D eigenvalue weighted by molar-refractivity contribution is -0.151. The van der Waals surface area contributed by atoms with E-state index in [2.05, 4.69) is 19.9 Å². The number of aromatic nitrogens is 3. The van der Waals surface area contributed by atoms with Crippen molar-refractivity contribution in [3.05, 3.63) is 35.4 Å². The van der Waals surface area contributed by atoms with Gasteiger partial charge in [-0.25, -0.2) is 4.98 Å². The van der Waals surface area contributed by atoms with E-state index in [4.69, 9.17) is 16.3 Å². The zero-order chi connectivity index (χ0) is 24.7. The van der Waals surface area contributed by atoms with E-state index in [0.717, 1.165) is 49.9 Å². The Morgan fingerprint density at radius 2 is 1.86 bits per heavy atom. The molecule has 1 aromatic carbocycles. The summed E-state index contributed by atoms with van der Waals surface area (Å²) in [6.07, 6.45) is 3.71. The number of H-pyrrole nitrogens is 1. The van der Waals surface area contributed by atoms with Crippen LogP contribution in [0.25, 0.3) is 22.4 Å². The second-order valence-corrected chi connectivity index (χ2v) is 10.7. The molecule has 1 aliphatic heterocycles. The largest absolute Gasteiger partial charge is 0.481 e. The highest BCUT2D eigenvalue weighted by atomic mass is 35.5. The molecule has 3 heterocycles. The molecule has 1 saturated carbocycles. The zero-order valence-electron chi connectivity index (χ0n) is 20.0. The van der Waals surface area contributed by atoms with Crippen LogP contribution in [0.4, 0.5) is 5.69 Å². The normalized spacial score (nSPS) is 23.1. The quantitative estimate of drug-likeness (QED) is 0.443. The van der Waals surface area contributed by atoms with Crippen molar-refractivity contribution in [2.24, 2.45) is 11.3 Å². The van der Waals surface area contributed by atoms with Gasteiger partial charge >= 0.3 is 5.97 Å². The molecule has 0 amide bonds. The Hall–Kier alpha value is -2.84. The van der Waals surface area contributed by atoms with Crippen LogP contribution in [-0.2, 0) is 4.79 Å². The van der Waals surface area contributed by atoms with Gasteiger partial charge in [-0.05, 0) is 70.1 Å². The lowest BCUT2D eigenvalue weighted by Gasteiger charge is -2.36. The Labute approximate surface area is 209 Å². The smallest absolute Gasteiger partial charge is 0.309 e. The van der Waals surface area contributed by atoms with Crippen molar-refractivity contribution >= 4 is 34.4 Å². The van der Waals surface area contributed by atoms with Crippen LogP contribution in [0, 0.1) is 11.3 Å². The first-order valence-corrected chi connectivity index (χ1v) is 12.6. The molecule has 2 fully saturated rings. The number of aliphatic hydroxyl groups is 1. The second-order valence-electron chi connectivity index (χ2n) is 10.3. The number of imidazole rings is 1. The number of carboxylic acid groups (broad SMARTS) is 1. The van der Waals surface area contributed by atoms with E-state index in [1.807, 2.05) is 30.3 Å². The van der Waals surface area contributed by atoms with Crippen LogP contribution in [-0.4, -0.2) is 56.4 Å². The predicted octanol–water partition coefficient (Wildman–Crippen LogP) is 4.90. The molecule has 35 heavy (non-hydrogen) atoms. The first-order valence-electron chi connectivity index (χ1n) is 12.2. The minimum Gasteiger partial charge on any atom is -0.481 e. The lowest BCUT2D eigenvalue weighted by Crippen LogP contribution is -2.37. The molecule has 1 atom stereocenters. The van der Waals surface area contributed by atoms with Gasteiger partial charge in [0, 0.05) is 24.3 Å². The molecule has 1 saturated heterocycles. The van der Waals surface area contributed by atoms with Gasteiger partial charge in [-0.3, -0.25) is 4.79 Å². The minimum atomic E-state index is -0.748. The number of pyridine rings is 1. The molecule has 0 unspecified atom stereocenters. The van der Waals surface area contributed by atoms with Crippen molar-refractivity contribution in [1.82, 2.24) is 15.0 Å². The number of hydrogen-bond acceptors (Lipinski definition) is 6. The topological polar surface area (TPSA) is 112 Å². The highest BCUT2D eigenvalue weighted by Gasteiger charge is 2.39. The number of rotatable bonds is 6. The van der Waals surface area contributed by atoms with Gasteiger partial charge in [0.05, 0.1) is 27.8 Å². The molecular formula is C26H31ClN4O4. The number of benzene rings is 1. The summed E-state index contributed by atoms with van der Waals surface area (Å²) >= 11 is 6.57. The number of carbonyl (C=O) groups is 1. The van der Waals surface area contributed by atoms with Crippen LogP contribution in [0.1, 0.15) is 46.0 Å². The monoisotopic (exact) mass is 498 g/mol. The Morgan fingerprint density at radius 3 is 2.49 bits per heavy atom. The van der Waals surface area contributed by atoms with Crippen LogP contribution >= 0.6 is 11.6 Å². The summed E-state index contributed by atoms with van der Waals surface area (Å²) in [5.74, 6) is -0.608. The summed E-state index contributed by atoms with van der Waals surface area (Å²) < 4.78 is 6.11. The Morgan fingerprint density at radius 1 is 1.14 bits per heavy atom. The van der Waals surface area contributed by atoms with Crippen molar-refractivity contribution in [3.8, 4) is 17.3 Å². The first-order chi connectivity index (χ1) is 16.7. The number of halogens is 1. The summed E-state index contributed by atoms with van der Waals surface area (Å²) in [4.78, 5) is 26.1. The molecule has 3 N–H and O–H groups in total. The molecule has 5 rings (SSSR count). The number of ether oxygens (including phenoxy) is 1. The van der Waals surface area contributed by atoms with Crippen LogP contribution in [0.3, 0.4) is 0 Å². The molecule has 1 aliphatic carbocycles. The van der Waals surface area contributed by atoms with Crippen LogP contribution in [0.15, 0.2) is 30.3 Å². The maximum absolute atomic E-state index is 11.6. The standard InChI is InChI=1S/C26H31ClN4O4/c1-26(2,24(33)34)16-5-9-19(10-6-16)35-25-28-21-13-20(27)22(29-23(21)30-25)15-3-7-17(8-4-15)31-12-11-18(32)14-31/h3-4,7-8,13,16,18-19,32H,5-6,9-12,14H2,1-2H3,(H,33,34)(H,28,29,30)/t16?,18-,19?/m0/s1. The lowest BCUT2D eigenvalue weighted by atomic mass is 9.70. The van der Waals surface area contributed by atoms with E-state index >= 15 is 0 Å². The Bertz CT molecular complexity index is 1220. The first kappa shape index (κ1) is 23.9. The van der Waals surface area contributed by atoms with E-state index in [-0.39, 0.29) is 18.1 Å². The summed E-state index contributed by atoms with van der Waals surface area (Å²) in [7, 11) is 0. The number of aliphatic carboxylic acids is 1. The summed E-state index contributed by atoms with van der Waals surface area (Å²) in [5.41, 5.74) is 3.13. The van der Waals surface area contributed by atoms with Gasteiger partial charge in [0.1, 0.15) is 6.10 Å². The van der Waals surface area contributed by atoms with Crippen molar-refractivity contribution in [1.29, 1.82) is 0 Å². The number of fused-ring (bicyclic) bond motifs is 1. The van der Waals surface area contributed by atoms with E-state index in [1.54, 1.807) is 13.8 Å². The SMILES string of the molecule is CC(C)(C(=O)O)C1CCC(Oc2nc3nc(-c4ccc(N5CC[C@H](O)C5)cc4)c(Cl)cc3[nH]2)CC1. The van der Waals surface area contributed by atoms with E-state index in [0.29, 0.717) is 34.4 Å². The maximum atomic E-state index is 11.6. The van der Waals surface area contributed by atoms with Gasteiger partial charge in [-0.15, -0.1) is 0 Å². The Balaban J connectivity index is 1.28. The van der Waals surface area contributed by atoms with Crippen molar-refractivity contribution in [3.63, 3.8) is 0 Å². The Kier molecular flexibility index (Phi) is 6.36. The molecule has 2 aliphatic rings. The number of hydrogen-bond donors (Lipinski definition) is 3. The average Bonchev–Trinajstić information content (AvgIpc) is 3.44. The highest BCUT2D eigenvalue weighted by molar-refractivity contribution is 6.33. The molecule has 0 radical (unpaired) electrons. The van der Waals surface area contributed by atoms with Gasteiger partial charge < -0.3 is 24.8 Å². The predicted molar refractivity (Wildman–Crippen MR) is 135 cm³/mol. The number of anilines is 1. The van der Waals surface area contributed by atoms with E-state index in [9.17, 15) is 15.0 Å². The second kappa shape index (κ2) is 9.32. The molecular weight excluding hydrogens is 468 g/mol. The molecule has 0 spiro atoms. The zero-order valence-corrected chi connectivity index (χ0v) is 20.8. The highest BCUT2D eigenvalue weighted by Crippen LogP contribution is 2.39. The van der Waals surface area contributed by atoms with Crippen LogP contribution in [0.5, 0.6) is 6.01 Å². The molecule has 0 bridgehead atoms. The third-order valence-corrected chi connectivity index (χ3v) is 7.89. The molecule has 3 aromatic rings. The van der Waals surface area contributed by atoms with Crippen molar-refractivity contribution in [2.45, 2.75) is 58.2 Å². The minimum absolute atomic E-state index is 0.0111. The fourth-order valence-electron chi connectivity index (χ4n) is 5.20. The van der Waals surface area contributed by atoms with Gasteiger partial charge in [0.25, 0.3) is 6.01 Å². The number of aliphatic hydroxyl groups excluding tert-OH is 1. The van der Waals surface area contributed by atoms with Gasteiger partial charge in [0.2, 0.25) is 0 Å². The maximum Gasteiger partial charge on any atom is 0.309 e. The number of nitrogens with one attached hydrogen (secondary N) is 1. The molecule has 2 aromatic heterocycles. The van der Waals surface area contributed by atoms with Gasteiger partial charge in [-0.2, -0.15) is 4.98 Å². The van der Waals surface area contributed by atoms with Crippen molar-refractivity contribution < 1.29 is 19.7 Å². The fraction of sp³-hybridized carbons (Fsp3) is 0.500. The average molecular weight is 499 g/mol. The summed E-state index contributed by atoms with van der Waals surface area (Å²) in [6.45, 7) is 5.11. The third-order valence-electron chi connectivity index (χ3n) is 7.60.